The molecule has 1 heterocycles. The van der Waals surface area contributed by atoms with Crippen molar-refractivity contribution in [2.75, 3.05) is 12.4 Å². The van der Waals surface area contributed by atoms with Crippen molar-refractivity contribution in [3.8, 4) is 11.4 Å². The number of nitrogens with one attached hydrogen (secondary N) is 1. The van der Waals surface area contributed by atoms with Crippen LogP contribution in [0.25, 0.3) is 16.7 Å². The van der Waals surface area contributed by atoms with E-state index in [0.29, 0.717) is 22.5 Å². The first-order chi connectivity index (χ1) is 13.5. The Morgan fingerprint density at radius 2 is 1.79 bits per heavy atom. The Morgan fingerprint density at radius 1 is 1.04 bits per heavy atom. The predicted octanol–water partition coefficient (Wildman–Crippen LogP) is 4.75. The van der Waals surface area contributed by atoms with Crippen molar-refractivity contribution in [2.24, 2.45) is 0 Å². The van der Waals surface area contributed by atoms with Gasteiger partial charge in [-0.25, -0.2) is 0 Å². The number of aryl methyl sites for hydroxylation is 1. The fraction of sp³-hybridized carbons (Fsp3) is 0.0952. The number of para-hydroxylation sites is 1. The van der Waals surface area contributed by atoms with Crippen molar-refractivity contribution in [1.29, 1.82) is 0 Å². The number of anilines is 1. The number of amides is 1. The average molecular weight is 437 g/mol. The van der Waals surface area contributed by atoms with Crippen molar-refractivity contribution in [3.05, 3.63) is 76.3 Å². The number of ether oxygens (including phenoxy) is 1. The molecule has 0 saturated heterocycles. The molecule has 0 aliphatic rings. The molecule has 0 saturated carbocycles. The second kappa shape index (κ2) is 7.44. The third kappa shape index (κ3) is 3.48. The van der Waals surface area contributed by atoms with Crippen LogP contribution in [-0.4, -0.2) is 28.0 Å². The minimum Gasteiger partial charge on any atom is -0.496 e. The smallest absolute Gasteiger partial charge is 0.259 e. The molecule has 1 amide bonds. The van der Waals surface area contributed by atoms with Crippen molar-refractivity contribution in [1.82, 2.24) is 15.0 Å². The van der Waals surface area contributed by atoms with Gasteiger partial charge >= 0.3 is 0 Å². The normalized spacial score (nSPS) is 10.8. The van der Waals surface area contributed by atoms with Gasteiger partial charge in [-0.3, -0.25) is 4.79 Å². The molecule has 3 aromatic carbocycles. The van der Waals surface area contributed by atoms with E-state index in [0.717, 1.165) is 21.2 Å². The molecule has 0 unspecified atom stereocenters. The van der Waals surface area contributed by atoms with Gasteiger partial charge in [0, 0.05) is 10.2 Å². The lowest BCUT2D eigenvalue weighted by atomic mass is 10.1. The van der Waals surface area contributed by atoms with E-state index in [9.17, 15) is 4.79 Å². The van der Waals surface area contributed by atoms with Gasteiger partial charge in [-0.05, 0) is 55.0 Å². The van der Waals surface area contributed by atoms with E-state index in [2.05, 4.69) is 31.4 Å². The van der Waals surface area contributed by atoms with Crippen LogP contribution in [0.4, 0.5) is 5.69 Å². The topological polar surface area (TPSA) is 69.0 Å². The summed E-state index contributed by atoms with van der Waals surface area (Å²) in [6.45, 7) is 1.90. The average Bonchev–Trinajstić information content (AvgIpc) is 3.11. The lowest BCUT2D eigenvalue weighted by Crippen LogP contribution is -2.13. The highest BCUT2D eigenvalue weighted by Crippen LogP contribution is 2.29. The number of benzene rings is 3. The van der Waals surface area contributed by atoms with Gasteiger partial charge in [-0.1, -0.05) is 34.1 Å². The number of hydrogen-bond donors (Lipinski definition) is 1. The predicted molar refractivity (Wildman–Crippen MR) is 112 cm³/mol. The molecule has 0 spiro atoms. The summed E-state index contributed by atoms with van der Waals surface area (Å²) in [5, 5.41) is 11.9. The van der Waals surface area contributed by atoms with Crippen LogP contribution in [0.1, 0.15) is 15.9 Å². The highest BCUT2D eigenvalue weighted by atomic mass is 79.9. The maximum absolute atomic E-state index is 12.8. The number of methoxy groups -OCH3 is 1. The quantitative estimate of drug-likeness (QED) is 0.500. The Labute approximate surface area is 170 Å². The third-order valence-electron chi connectivity index (χ3n) is 4.31. The summed E-state index contributed by atoms with van der Waals surface area (Å²) in [4.78, 5) is 14.4. The van der Waals surface area contributed by atoms with Gasteiger partial charge in [0.15, 0.2) is 0 Å². The lowest BCUT2D eigenvalue weighted by molar-refractivity contribution is 0.102. The second-order valence-electron chi connectivity index (χ2n) is 6.29. The van der Waals surface area contributed by atoms with Crippen molar-refractivity contribution in [3.63, 3.8) is 0 Å². The highest BCUT2D eigenvalue weighted by molar-refractivity contribution is 9.10. The first-order valence-electron chi connectivity index (χ1n) is 8.63. The van der Waals surface area contributed by atoms with E-state index in [1.807, 2.05) is 55.5 Å². The van der Waals surface area contributed by atoms with Crippen LogP contribution in [0.3, 0.4) is 0 Å². The number of nitrogens with zero attached hydrogens (tertiary/aromatic N) is 3. The van der Waals surface area contributed by atoms with Crippen LogP contribution in [-0.2, 0) is 0 Å². The first-order valence-corrected chi connectivity index (χ1v) is 9.42. The summed E-state index contributed by atoms with van der Waals surface area (Å²) in [5.74, 6) is 0.299. The van der Waals surface area contributed by atoms with Gasteiger partial charge in [0.05, 0.1) is 18.4 Å². The van der Waals surface area contributed by atoms with E-state index >= 15 is 0 Å². The maximum Gasteiger partial charge on any atom is 0.259 e. The third-order valence-corrected chi connectivity index (χ3v) is 4.77. The van der Waals surface area contributed by atoms with Gasteiger partial charge in [0.25, 0.3) is 5.91 Å². The number of fused-ring (bicyclic) bond motifs is 1. The summed E-state index contributed by atoms with van der Waals surface area (Å²) >= 11 is 3.43. The van der Waals surface area contributed by atoms with Gasteiger partial charge < -0.3 is 10.1 Å². The van der Waals surface area contributed by atoms with Crippen LogP contribution in [0.2, 0.25) is 0 Å². The largest absolute Gasteiger partial charge is 0.496 e. The van der Waals surface area contributed by atoms with Crippen LogP contribution in [0.5, 0.6) is 5.75 Å². The van der Waals surface area contributed by atoms with Crippen LogP contribution >= 0.6 is 15.9 Å². The summed E-state index contributed by atoms with van der Waals surface area (Å²) < 4.78 is 6.22. The maximum atomic E-state index is 12.8. The fourth-order valence-corrected chi connectivity index (χ4v) is 3.61. The van der Waals surface area contributed by atoms with Gasteiger partial charge in [-0.2, -0.15) is 4.80 Å². The molecule has 0 aliphatic carbocycles. The van der Waals surface area contributed by atoms with E-state index < -0.39 is 0 Å². The zero-order valence-electron chi connectivity index (χ0n) is 15.3. The molecule has 0 aliphatic heterocycles. The number of aromatic nitrogens is 3. The summed E-state index contributed by atoms with van der Waals surface area (Å²) in [6.07, 6.45) is 0. The van der Waals surface area contributed by atoms with Crippen LogP contribution < -0.4 is 10.1 Å². The van der Waals surface area contributed by atoms with Gasteiger partial charge in [0.2, 0.25) is 0 Å². The Hall–Kier alpha value is -3.19. The molecule has 1 aromatic heterocycles. The SMILES string of the molecule is COc1c(C)cc(Br)cc1C(=O)Nc1ccc2nn(-c3ccccc3)nc2c1. The monoisotopic (exact) mass is 436 g/mol. The molecule has 0 radical (unpaired) electrons. The molecule has 6 nitrogen and oxygen atoms in total. The molecule has 7 heteroatoms. The van der Waals surface area contributed by atoms with Crippen molar-refractivity contribution >= 4 is 38.6 Å². The highest BCUT2D eigenvalue weighted by Gasteiger charge is 2.16. The standard InChI is InChI=1S/C21H17BrN4O2/c1-13-10-14(22)11-17(20(13)28-2)21(27)23-15-8-9-18-19(12-15)25-26(24-18)16-6-4-3-5-7-16/h3-12H,1-2H3,(H,23,27). The van der Waals surface area contributed by atoms with Gasteiger partial charge in [-0.15, -0.1) is 10.2 Å². The number of hydrogen-bond acceptors (Lipinski definition) is 4. The fourth-order valence-electron chi connectivity index (χ4n) is 3.04. The van der Waals surface area contributed by atoms with Crippen molar-refractivity contribution < 1.29 is 9.53 Å². The van der Waals surface area contributed by atoms with E-state index in [1.54, 1.807) is 24.0 Å². The lowest BCUT2D eigenvalue weighted by Gasteiger charge is -2.12. The molecule has 0 fully saturated rings. The Morgan fingerprint density at radius 3 is 2.54 bits per heavy atom. The molecule has 1 N–H and O–H groups in total. The molecule has 28 heavy (non-hydrogen) atoms. The summed E-state index contributed by atoms with van der Waals surface area (Å²) in [6, 6.07) is 18.8. The zero-order valence-corrected chi connectivity index (χ0v) is 16.9. The van der Waals surface area contributed by atoms with Crippen LogP contribution in [0, 0.1) is 6.92 Å². The number of rotatable bonds is 4. The molecule has 4 rings (SSSR count). The Kier molecular flexibility index (Phi) is 4.83. The van der Waals surface area contributed by atoms with Crippen LogP contribution in [0.15, 0.2) is 65.1 Å². The molecule has 0 bridgehead atoms. The van der Waals surface area contributed by atoms with Gasteiger partial charge in [0.1, 0.15) is 16.8 Å². The number of halogens is 1. The molecule has 140 valence electrons. The van der Waals surface area contributed by atoms with Crippen molar-refractivity contribution in [2.45, 2.75) is 6.92 Å². The minimum absolute atomic E-state index is 0.254. The molecule has 0 atom stereocenters. The number of carbonyl (C=O) groups excluding carboxylic acids is 1. The Balaban J connectivity index is 1.64. The minimum atomic E-state index is -0.254. The second-order valence-corrected chi connectivity index (χ2v) is 7.20. The molecular weight excluding hydrogens is 420 g/mol. The molecule has 4 aromatic rings. The zero-order chi connectivity index (χ0) is 19.7. The van der Waals surface area contributed by atoms with E-state index in [1.165, 1.54) is 0 Å². The van der Waals surface area contributed by atoms with E-state index in [-0.39, 0.29) is 5.91 Å². The van der Waals surface area contributed by atoms with E-state index in [4.69, 9.17) is 4.74 Å². The number of carbonyl (C=O) groups is 1. The first kappa shape index (κ1) is 18.2. The summed E-state index contributed by atoms with van der Waals surface area (Å²) in [7, 11) is 1.56. The molecular formula is C21H17BrN4O2. The summed E-state index contributed by atoms with van der Waals surface area (Å²) in [5.41, 5.74) is 4.29. The Bertz CT molecular complexity index is 1170.